The molecule has 2 bridgehead atoms. The topological polar surface area (TPSA) is 71.3 Å². The second kappa shape index (κ2) is 7.08. The molecule has 2 aromatic rings. The molecule has 0 saturated carbocycles. The van der Waals surface area contributed by atoms with Gasteiger partial charge < -0.3 is 14.7 Å². The van der Waals surface area contributed by atoms with Crippen LogP contribution >= 0.6 is 0 Å². The van der Waals surface area contributed by atoms with E-state index in [4.69, 9.17) is 4.52 Å². The number of carbonyl (C=O) groups is 1. The van der Waals surface area contributed by atoms with Gasteiger partial charge in [-0.3, -0.25) is 4.79 Å². The number of hydrogen-bond acceptors (Lipinski definition) is 5. The predicted octanol–water partition coefficient (Wildman–Crippen LogP) is 3.29. The highest BCUT2D eigenvalue weighted by atomic mass is 16.5. The molecule has 6 heteroatoms. The molecule has 1 aromatic heterocycles. The van der Waals surface area contributed by atoms with Crippen LogP contribution in [0.2, 0.25) is 0 Å². The van der Waals surface area contributed by atoms with Gasteiger partial charge in [0.1, 0.15) is 0 Å². The number of aromatic nitrogens is 2. The van der Waals surface area contributed by atoms with Crippen molar-refractivity contribution in [2.45, 2.75) is 58.5 Å². The molecule has 2 aliphatic heterocycles. The Morgan fingerprint density at radius 1 is 1.26 bits per heavy atom. The summed E-state index contributed by atoms with van der Waals surface area (Å²) in [6.45, 7) is 8.02. The third-order valence-electron chi connectivity index (χ3n) is 5.33. The van der Waals surface area contributed by atoms with E-state index in [0.717, 1.165) is 37.9 Å². The minimum absolute atomic E-state index is 0.0851. The van der Waals surface area contributed by atoms with Crippen LogP contribution in [-0.4, -0.2) is 46.1 Å². The molecule has 2 unspecified atom stereocenters. The van der Waals surface area contributed by atoms with Gasteiger partial charge in [0.25, 0.3) is 5.91 Å². The van der Waals surface area contributed by atoms with E-state index < -0.39 is 0 Å². The molecule has 2 fully saturated rings. The van der Waals surface area contributed by atoms with Crippen LogP contribution in [0.25, 0.3) is 11.4 Å². The molecule has 4 rings (SSSR count). The molecule has 1 aromatic carbocycles. The third kappa shape index (κ3) is 4.21. The van der Waals surface area contributed by atoms with Crippen LogP contribution in [0.15, 0.2) is 28.8 Å². The molecule has 2 atom stereocenters. The maximum Gasteiger partial charge on any atom is 0.253 e. The van der Waals surface area contributed by atoms with Gasteiger partial charge in [-0.2, -0.15) is 4.98 Å². The normalized spacial score (nSPS) is 22.7. The summed E-state index contributed by atoms with van der Waals surface area (Å²) in [7, 11) is 0. The SMILES string of the molecule is CC(C)(C)Cc1nc(-c2cccc(C(=O)N3CCC4CCC(C3)N4)c2)no1. The Bertz CT molecular complexity index is 824. The number of hydrogen-bond donors (Lipinski definition) is 1. The third-order valence-corrected chi connectivity index (χ3v) is 5.33. The van der Waals surface area contributed by atoms with Crippen LogP contribution in [-0.2, 0) is 6.42 Å². The van der Waals surface area contributed by atoms with Crippen LogP contribution in [0.1, 0.15) is 56.3 Å². The molecule has 1 amide bonds. The van der Waals surface area contributed by atoms with Crippen molar-refractivity contribution in [1.29, 1.82) is 0 Å². The van der Waals surface area contributed by atoms with Crippen molar-refractivity contribution in [1.82, 2.24) is 20.4 Å². The summed E-state index contributed by atoms with van der Waals surface area (Å²) in [6, 6.07) is 8.57. The van der Waals surface area contributed by atoms with E-state index in [9.17, 15) is 4.79 Å². The standard InChI is InChI=1S/C21H28N4O2/c1-21(2,3)12-18-23-19(24-27-18)14-5-4-6-15(11-14)20(26)25-10-9-16-7-8-17(13-25)22-16/h4-6,11,16-17,22H,7-10,12-13H2,1-3H3. The van der Waals surface area contributed by atoms with Gasteiger partial charge in [0.2, 0.25) is 11.7 Å². The van der Waals surface area contributed by atoms with E-state index >= 15 is 0 Å². The van der Waals surface area contributed by atoms with Crippen molar-refractivity contribution in [3.63, 3.8) is 0 Å². The number of nitrogens with one attached hydrogen (secondary N) is 1. The molecule has 0 radical (unpaired) electrons. The van der Waals surface area contributed by atoms with Crippen molar-refractivity contribution in [2.75, 3.05) is 13.1 Å². The number of benzene rings is 1. The van der Waals surface area contributed by atoms with E-state index in [2.05, 4.69) is 36.2 Å². The second-order valence-corrected chi connectivity index (χ2v) is 9.01. The number of fused-ring (bicyclic) bond motifs is 2. The number of carbonyl (C=O) groups excluding carboxylic acids is 1. The van der Waals surface area contributed by atoms with E-state index in [0.29, 0.717) is 29.4 Å². The summed E-state index contributed by atoms with van der Waals surface area (Å²) in [6.07, 6.45) is 4.15. The van der Waals surface area contributed by atoms with Gasteiger partial charge in [0.05, 0.1) is 0 Å². The van der Waals surface area contributed by atoms with Gasteiger partial charge in [-0.05, 0) is 36.8 Å². The highest BCUT2D eigenvalue weighted by Gasteiger charge is 2.31. The van der Waals surface area contributed by atoms with Gasteiger partial charge in [-0.15, -0.1) is 0 Å². The van der Waals surface area contributed by atoms with Crippen molar-refractivity contribution < 1.29 is 9.32 Å². The molecule has 6 nitrogen and oxygen atoms in total. The summed E-state index contributed by atoms with van der Waals surface area (Å²) in [5, 5.41) is 7.73. The maximum absolute atomic E-state index is 13.0. The molecular weight excluding hydrogens is 340 g/mol. The molecule has 27 heavy (non-hydrogen) atoms. The van der Waals surface area contributed by atoms with E-state index in [1.54, 1.807) is 0 Å². The fraction of sp³-hybridized carbons (Fsp3) is 0.571. The molecule has 1 N–H and O–H groups in total. The largest absolute Gasteiger partial charge is 0.339 e. The van der Waals surface area contributed by atoms with Crippen LogP contribution in [0.4, 0.5) is 0 Å². The number of nitrogens with zero attached hydrogens (tertiary/aromatic N) is 3. The Morgan fingerprint density at radius 3 is 2.89 bits per heavy atom. The molecule has 2 aliphatic rings. The minimum Gasteiger partial charge on any atom is -0.339 e. The molecular formula is C21H28N4O2. The van der Waals surface area contributed by atoms with Crippen molar-refractivity contribution in [3.8, 4) is 11.4 Å². The van der Waals surface area contributed by atoms with E-state index in [1.165, 1.54) is 6.42 Å². The molecule has 3 heterocycles. The lowest BCUT2D eigenvalue weighted by Crippen LogP contribution is -2.39. The maximum atomic E-state index is 13.0. The predicted molar refractivity (Wildman–Crippen MR) is 103 cm³/mol. The van der Waals surface area contributed by atoms with E-state index in [1.807, 2.05) is 29.2 Å². The zero-order valence-electron chi connectivity index (χ0n) is 16.4. The van der Waals surface area contributed by atoms with Crippen molar-refractivity contribution in [3.05, 3.63) is 35.7 Å². The average Bonchev–Trinajstić information content (AvgIpc) is 3.19. The lowest BCUT2D eigenvalue weighted by Gasteiger charge is -2.24. The van der Waals surface area contributed by atoms with Crippen LogP contribution in [0.5, 0.6) is 0 Å². The van der Waals surface area contributed by atoms with Gasteiger partial charge in [-0.1, -0.05) is 38.1 Å². The van der Waals surface area contributed by atoms with Crippen molar-refractivity contribution in [2.24, 2.45) is 5.41 Å². The zero-order valence-corrected chi connectivity index (χ0v) is 16.4. The first-order chi connectivity index (χ1) is 12.9. The Morgan fingerprint density at radius 2 is 2.07 bits per heavy atom. The lowest BCUT2D eigenvalue weighted by molar-refractivity contribution is 0.0748. The fourth-order valence-corrected chi connectivity index (χ4v) is 4.00. The highest BCUT2D eigenvalue weighted by Crippen LogP contribution is 2.25. The molecule has 2 saturated heterocycles. The first-order valence-corrected chi connectivity index (χ1v) is 9.86. The molecule has 0 spiro atoms. The van der Waals surface area contributed by atoms with Crippen LogP contribution < -0.4 is 5.32 Å². The summed E-state index contributed by atoms with van der Waals surface area (Å²) in [5.74, 6) is 1.26. The van der Waals surface area contributed by atoms with Gasteiger partial charge in [0, 0.05) is 42.7 Å². The quantitative estimate of drug-likeness (QED) is 0.900. The van der Waals surface area contributed by atoms with Crippen molar-refractivity contribution >= 4 is 5.91 Å². The number of amides is 1. The Kier molecular flexibility index (Phi) is 4.76. The van der Waals surface area contributed by atoms with E-state index in [-0.39, 0.29) is 11.3 Å². The van der Waals surface area contributed by atoms with Gasteiger partial charge in [0.15, 0.2) is 0 Å². The first kappa shape index (κ1) is 18.2. The Balaban J connectivity index is 1.51. The van der Waals surface area contributed by atoms with Crippen LogP contribution in [0, 0.1) is 5.41 Å². The van der Waals surface area contributed by atoms with Crippen LogP contribution in [0.3, 0.4) is 0 Å². The summed E-state index contributed by atoms with van der Waals surface area (Å²) in [5.41, 5.74) is 1.59. The Labute approximate surface area is 160 Å². The first-order valence-electron chi connectivity index (χ1n) is 9.86. The second-order valence-electron chi connectivity index (χ2n) is 9.01. The highest BCUT2D eigenvalue weighted by molar-refractivity contribution is 5.95. The minimum atomic E-state index is 0.0851. The summed E-state index contributed by atoms with van der Waals surface area (Å²) < 4.78 is 5.40. The monoisotopic (exact) mass is 368 g/mol. The average molecular weight is 368 g/mol. The lowest BCUT2D eigenvalue weighted by atomic mass is 9.92. The Hall–Kier alpha value is -2.21. The van der Waals surface area contributed by atoms with Gasteiger partial charge in [-0.25, -0.2) is 0 Å². The molecule has 144 valence electrons. The fourth-order valence-electron chi connectivity index (χ4n) is 4.00. The molecule has 0 aliphatic carbocycles. The van der Waals surface area contributed by atoms with Gasteiger partial charge >= 0.3 is 0 Å². The smallest absolute Gasteiger partial charge is 0.253 e. The zero-order chi connectivity index (χ0) is 19.0. The number of rotatable bonds is 3. The summed E-state index contributed by atoms with van der Waals surface area (Å²) >= 11 is 0. The number of likely N-dealkylation sites (tertiary alicyclic amines) is 1. The summed E-state index contributed by atoms with van der Waals surface area (Å²) in [4.78, 5) is 19.5.